The number of nitrogens with one attached hydrogen (secondary N) is 1. The lowest BCUT2D eigenvalue weighted by Gasteiger charge is -2.16. The van der Waals surface area contributed by atoms with Crippen molar-refractivity contribution >= 4 is 17.2 Å². The molecular formula is C16H29N3OS. The molecule has 120 valence electrons. The average molecular weight is 311 g/mol. The van der Waals surface area contributed by atoms with Crippen LogP contribution in [-0.2, 0) is 4.79 Å². The highest BCUT2D eigenvalue weighted by Gasteiger charge is 2.16. The van der Waals surface area contributed by atoms with Gasteiger partial charge in [0.15, 0.2) is 0 Å². The number of hydrogen-bond acceptors (Lipinski definition) is 4. The molecule has 2 atom stereocenters. The smallest absolute Gasteiger partial charge is 0.220 e. The number of carbonyl (C=O) groups excluding carboxylic acids is 1. The molecule has 0 aromatic carbocycles. The van der Waals surface area contributed by atoms with Crippen LogP contribution in [0.15, 0.2) is 0 Å². The second kappa shape index (κ2) is 9.15. The third-order valence-electron chi connectivity index (χ3n) is 3.76. The first-order chi connectivity index (χ1) is 9.97. The molecule has 0 fully saturated rings. The van der Waals surface area contributed by atoms with E-state index >= 15 is 0 Å². The van der Waals surface area contributed by atoms with Crippen LogP contribution in [0, 0.1) is 19.8 Å². The first kappa shape index (κ1) is 18.1. The van der Waals surface area contributed by atoms with E-state index < -0.39 is 0 Å². The second-order valence-corrected chi connectivity index (χ2v) is 6.98. The van der Waals surface area contributed by atoms with Crippen molar-refractivity contribution in [1.82, 2.24) is 10.3 Å². The molecule has 0 spiro atoms. The molecule has 1 heterocycles. The minimum Gasteiger partial charge on any atom is -0.349 e. The van der Waals surface area contributed by atoms with Crippen molar-refractivity contribution in [3.63, 3.8) is 0 Å². The van der Waals surface area contributed by atoms with Gasteiger partial charge in [-0.3, -0.25) is 4.79 Å². The average Bonchev–Trinajstić information content (AvgIpc) is 2.75. The van der Waals surface area contributed by atoms with Crippen LogP contribution in [-0.4, -0.2) is 17.4 Å². The lowest BCUT2D eigenvalue weighted by molar-refractivity contribution is -0.122. The van der Waals surface area contributed by atoms with E-state index in [-0.39, 0.29) is 11.9 Å². The van der Waals surface area contributed by atoms with E-state index in [4.69, 9.17) is 5.73 Å². The molecule has 21 heavy (non-hydrogen) atoms. The van der Waals surface area contributed by atoms with Gasteiger partial charge in [-0.2, -0.15) is 0 Å². The van der Waals surface area contributed by atoms with E-state index in [1.54, 1.807) is 11.3 Å². The maximum atomic E-state index is 12.1. The maximum absolute atomic E-state index is 12.1. The molecule has 5 heteroatoms. The molecule has 2 unspecified atom stereocenters. The highest BCUT2D eigenvalue weighted by Crippen LogP contribution is 2.24. The summed E-state index contributed by atoms with van der Waals surface area (Å²) in [4.78, 5) is 17.7. The minimum absolute atomic E-state index is 0.0443. The van der Waals surface area contributed by atoms with Crippen molar-refractivity contribution < 1.29 is 4.79 Å². The first-order valence-corrected chi connectivity index (χ1v) is 8.72. The summed E-state index contributed by atoms with van der Waals surface area (Å²) >= 11 is 1.66. The summed E-state index contributed by atoms with van der Waals surface area (Å²) in [6, 6.07) is 0.0443. The number of nitrogens with zero attached hydrogens (tertiary/aromatic N) is 1. The summed E-state index contributed by atoms with van der Waals surface area (Å²) < 4.78 is 0. The van der Waals surface area contributed by atoms with E-state index in [0.29, 0.717) is 18.9 Å². The topological polar surface area (TPSA) is 68.0 Å². The SMILES string of the molecule is CCCC(CCN)CCC(=O)NC(C)c1sc(C)nc1C. The normalized spacial score (nSPS) is 14.0. The summed E-state index contributed by atoms with van der Waals surface area (Å²) in [6.45, 7) is 8.92. The van der Waals surface area contributed by atoms with Gasteiger partial charge in [0.2, 0.25) is 5.91 Å². The Balaban J connectivity index is 2.44. The Kier molecular flexibility index (Phi) is 7.89. The Bertz CT molecular complexity index is 439. The van der Waals surface area contributed by atoms with Gasteiger partial charge in [0, 0.05) is 11.3 Å². The fourth-order valence-corrected chi connectivity index (χ4v) is 3.67. The Hall–Kier alpha value is -0.940. The monoisotopic (exact) mass is 311 g/mol. The number of carbonyl (C=O) groups is 1. The predicted octanol–water partition coefficient (Wildman–Crippen LogP) is 3.48. The van der Waals surface area contributed by atoms with Gasteiger partial charge in [0.25, 0.3) is 0 Å². The molecule has 1 aromatic rings. The Morgan fingerprint density at radius 1 is 1.33 bits per heavy atom. The van der Waals surface area contributed by atoms with Crippen LogP contribution < -0.4 is 11.1 Å². The van der Waals surface area contributed by atoms with Crippen molar-refractivity contribution in [2.75, 3.05) is 6.54 Å². The number of aromatic nitrogens is 1. The third-order valence-corrected chi connectivity index (χ3v) is 5.02. The van der Waals surface area contributed by atoms with Gasteiger partial charge in [0.05, 0.1) is 16.7 Å². The number of nitrogens with two attached hydrogens (primary N) is 1. The molecular weight excluding hydrogens is 282 g/mol. The quantitative estimate of drug-likeness (QED) is 0.733. The Labute approximate surface area is 132 Å². The van der Waals surface area contributed by atoms with Crippen LogP contribution in [0.4, 0.5) is 0 Å². The van der Waals surface area contributed by atoms with Crippen molar-refractivity contribution in [2.24, 2.45) is 11.7 Å². The van der Waals surface area contributed by atoms with Gasteiger partial charge in [0.1, 0.15) is 0 Å². The molecule has 0 radical (unpaired) electrons. The molecule has 4 nitrogen and oxygen atoms in total. The van der Waals surface area contributed by atoms with Crippen molar-refractivity contribution in [1.29, 1.82) is 0 Å². The van der Waals surface area contributed by atoms with E-state index in [0.717, 1.165) is 41.3 Å². The van der Waals surface area contributed by atoms with Crippen LogP contribution in [0.25, 0.3) is 0 Å². The van der Waals surface area contributed by atoms with E-state index in [2.05, 4.69) is 17.2 Å². The summed E-state index contributed by atoms with van der Waals surface area (Å²) in [5.41, 5.74) is 6.66. The lowest BCUT2D eigenvalue weighted by Crippen LogP contribution is -2.27. The highest BCUT2D eigenvalue weighted by atomic mass is 32.1. The van der Waals surface area contributed by atoms with Crippen LogP contribution in [0.2, 0.25) is 0 Å². The van der Waals surface area contributed by atoms with Crippen LogP contribution in [0.5, 0.6) is 0 Å². The molecule has 0 aliphatic heterocycles. The number of amides is 1. The van der Waals surface area contributed by atoms with Crippen LogP contribution in [0.1, 0.15) is 67.6 Å². The van der Waals surface area contributed by atoms with Gasteiger partial charge < -0.3 is 11.1 Å². The van der Waals surface area contributed by atoms with Gasteiger partial charge in [-0.1, -0.05) is 19.8 Å². The molecule has 0 aliphatic rings. The number of thiazole rings is 1. The zero-order valence-electron chi connectivity index (χ0n) is 13.7. The molecule has 1 rings (SSSR count). The number of rotatable bonds is 9. The van der Waals surface area contributed by atoms with Gasteiger partial charge in [-0.15, -0.1) is 11.3 Å². The van der Waals surface area contributed by atoms with Crippen LogP contribution >= 0.6 is 11.3 Å². The highest BCUT2D eigenvalue weighted by molar-refractivity contribution is 7.11. The predicted molar refractivity (Wildman–Crippen MR) is 89.4 cm³/mol. The molecule has 1 amide bonds. The summed E-state index contributed by atoms with van der Waals surface area (Å²) in [6.07, 6.45) is 4.86. The Morgan fingerprint density at radius 2 is 2.05 bits per heavy atom. The largest absolute Gasteiger partial charge is 0.349 e. The van der Waals surface area contributed by atoms with Crippen molar-refractivity contribution in [2.45, 2.75) is 65.8 Å². The minimum atomic E-state index is 0.0443. The molecule has 3 N–H and O–H groups in total. The van der Waals surface area contributed by atoms with E-state index in [9.17, 15) is 4.79 Å². The van der Waals surface area contributed by atoms with Crippen LogP contribution in [0.3, 0.4) is 0 Å². The standard InChI is InChI=1S/C16H29N3OS/c1-5-6-14(9-10-17)7-8-15(20)19-12(3)16-11(2)18-13(4)21-16/h12,14H,5-10,17H2,1-4H3,(H,19,20). The molecule has 0 bridgehead atoms. The number of hydrogen-bond donors (Lipinski definition) is 2. The molecule has 0 saturated heterocycles. The zero-order chi connectivity index (χ0) is 15.8. The molecule has 1 aromatic heterocycles. The Morgan fingerprint density at radius 3 is 2.57 bits per heavy atom. The van der Waals surface area contributed by atoms with E-state index in [1.807, 2.05) is 20.8 Å². The molecule has 0 saturated carbocycles. The summed E-state index contributed by atoms with van der Waals surface area (Å²) in [5, 5.41) is 4.14. The maximum Gasteiger partial charge on any atom is 0.220 e. The van der Waals surface area contributed by atoms with Crippen molar-refractivity contribution in [3.8, 4) is 0 Å². The summed E-state index contributed by atoms with van der Waals surface area (Å²) in [5.74, 6) is 0.708. The second-order valence-electron chi connectivity index (χ2n) is 5.74. The van der Waals surface area contributed by atoms with Gasteiger partial charge >= 0.3 is 0 Å². The third kappa shape index (κ3) is 6.14. The van der Waals surface area contributed by atoms with E-state index in [1.165, 1.54) is 0 Å². The summed E-state index contributed by atoms with van der Waals surface area (Å²) in [7, 11) is 0. The first-order valence-electron chi connectivity index (χ1n) is 7.91. The molecule has 0 aliphatic carbocycles. The van der Waals surface area contributed by atoms with Gasteiger partial charge in [-0.05, 0) is 46.1 Å². The lowest BCUT2D eigenvalue weighted by atomic mass is 9.94. The zero-order valence-corrected chi connectivity index (χ0v) is 14.6. The number of aryl methyl sites for hydroxylation is 2. The van der Waals surface area contributed by atoms with Gasteiger partial charge in [-0.25, -0.2) is 4.98 Å². The fourth-order valence-electron chi connectivity index (χ4n) is 2.74. The van der Waals surface area contributed by atoms with Crippen molar-refractivity contribution in [3.05, 3.63) is 15.6 Å². The fraction of sp³-hybridized carbons (Fsp3) is 0.750.